The first-order valence-electron chi connectivity index (χ1n) is 13.7. The summed E-state index contributed by atoms with van der Waals surface area (Å²) in [5.74, 6) is 1.84. The lowest BCUT2D eigenvalue weighted by Gasteiger charge is -2.11. The van der Waals surface area contributed by atoms with E-state index in [0.717, 1.165) is 21.5 Å². The lowest BCUT2D eigenvalue weighted by Crippen LogP contribution is -2.09. The summed E-state index contributed by atoms with van der Waals surface area (Å²) in [7, 11) is 0. The van der Waals surface area contributed by atoms with Crippen molar-refractivity contribution < 1.29 is 38.0 Å². The molecule has 0 saturated carbocycles. The quantitative estimate of drug-likeness (QED) is 0.137. The maximum atomic E-state index is 12.3. The number of epoxide rings is 2. The number of esters is 2. The average molecular weight is 563 g/mol. The number of fused-ring (bicyclic) bond motifs is 2. The first-order chi connectivity index (χ1) is 20.6. The van der Waals surface area contributed by atoms with Crippen LogP contribution >= 0.6 is 0 Å². The molecule has 2 unspecified atom stereocenters. The van der Waals surface area contributed by atoms with Crippen LogP contribution in [0, 0.1) is 0 Å². The Bertz CT molecular complexity index is 1680. The number of hydrogen-bond acceptors (Lipinski definition) is 8. The molecule has 5 aromatic rings. The van der Waals surface area contributed by atoms with Gasteiger partial charge in [0.05, 0.1) is 24.3 Å². The van der Waals surface area contributed by atoms with Crippen LogP contribution in [-0.2, 0) is 18.9 Å². The summed E-state index contributed by atoms with van der Waals surface area (Å²) in [5, 5.41) is 3.69. The van der Waals surface area contributed by atoms with Crippen LogP contribution in [0.25, 0.3) is 21.5 Å². The van der Waals surface area contributed by atoms with Crippen LogP contribution in [-0.4, -0.2) is 50.6 Å². The fourth-order valence-electron chi connectivity index (χ4n) is 4.53. The van der Waals surface area contributed by atoms with Gasteiger partial charge in [-0.2, -0.15) is 0 Å². The second kappa shape index (κ2) is 11.2. The van der Waals surface area contributed by atoms with Crippen molar-refractivity contribution in [1.29, 1.82) is 0 Å². The molecule has 0 spiro atoms. The molecule has 0 amide bonds. The van der Waals surface area contributed by atoms with Crippen LogP contribution in [0.3, 0.4) is 0 Å². The van der Waals surface area contributed by atoms with Crippen molar-refractivity contribution in [1.82, 2.24) is 0 Å². The Morgan fingerprint density at radius 2 is 0.952 bits per heavy atom. The van der Waals surface area contributed by atoms with E-state index in [1.807, 2.05) is 84.9 Å². The van der Waals surface area contributed by atoms with Gasteiger partial charge in [-0.15, -0.1) is 0 Å². The summed E-state index contributed by atoms with van der Waals surface area (Å²) in [6.45, 7) is 1.85. The smallest absolute Gasteiger partial charge is 0.338 e. The largest absolute Gasteiger partial charge is 0.459 e. The fraction of sp³-hybridized carbons (Fsp3) is 0.176. The monoisotopic (exact) mass is 562 g/mol. The Kier molecular flexibility index (Phi) is 6.91. The van der Waals surface area contributed by atoms with Crippen LogP contribution < -0.4 is 9.47 Å². The zero-order valence-electron chi connectivity index (χ0n) is 22.5. The van der Waals surface area contributed by atoms with E-state index in [-0.39, 0.29) is 37.4 Å². The zero-order chi connectivity index (χ0) is 28.5. The van der Waals surface area contributed by atoms with Crippen molar-refractivity contribution in [2.75, 3.05) is 26.4 Å². The van der Waals surface area contributed by atoms with Gasteiger partial charge in [-0.3, -0.25) is 0 Å². The second-order valence-corrected chi connectivity index (χ2v) is 10.2. The van der Waals surface area contributed by atoms with Crippen LogP contribution in [0.1, 0.15) is 20.7 Å². The van der Waals surface area contributed by atoms with E-state index in [9.17, 15) is 9.59 Å². The van der Waals surface area contributed by atoms with Crippen molar-refractivity contribution in [3.05, 3.63) is 108 Å². The Morgan fingerprint density at radius 1 is 0.548 bits per heavy atom. The third-order valence-electron chi connectivity index (χ3n) is 6.98. The number of benzene rings is 5. The molecule has 0 N–H and O–H groups in total. The summed E-state index contributed by atoms with van der Waals surface area (Å²) in [5.41, 5.74) is 0.996. The number of carbonyl (C=O) groups excluding carboxylic acids is 2. The number of carbonyl (C=O) groups is 2. The molecular weight excluding hydrogens is 536 g/mol. The van der Waals surface area contributed by atoms with Crippen molar-refractivity contribution in [3.63, 3.8) is 0 Å². The number of hydrogen-bond donors (Lipinski definition) is 0. The minimum Gasteiger partial charge on any atom is -0.459 e. The molecule has 2 saturated heterocycles. The van der Waals surface area contributed by atoms with Gasteiger partial charge in [0.25, 0.3) is 0 Å². The van der Waals surface area contributed by atoms with E-state index in [4.69, 9.17) is 28.4 Å². The van der Waals surface area contributed by atoms with Crippen molar-refractivity contribution in [2.24, 2.45) is 0 Å². The van der Waals surface area contributed by atoms with E-state index >= 15 is 0 Å². The van der Waals surface area contributed by atoms with E-state index < -0.39 is 0 Å². The SMILES string of the molecule is O=C(OCC1CO1)c1ccc2cc(Oc3cccc(Oc4ccc5cc(C(=O)OCC6CO6)ccc5c4)c3)ccc2c1. The minimum atomic E-state index is -0.361. The van der Waals surface area contributed by atoms with Gasteiger partial charge in [-0.25, -0.2) is 9.59 Å². The summed E-state index contributed by atoms with van der Waals surface area (Å²) < 4.78 is 33.0. The number of ether oxygens (including phenoxy) is 6. The Labute approximate surface area is 241 Å². The normalized spacial score (nSPS) is 17.0. The molecule has 42 heavy (non-hydrogen) atoms. The zero-order valence-corrected chi connectivity index (χ0v) is 22.5. The van der Waals surface area contributed by atoms with E-state index in [1.165, 1.54) is 0 Å². The Hall–Kier alpha value is -4.92. The van der Waals surface area contributed by atoms with Crippen molar-refractivity contribution in [2.45, 2.75) is 12.2 Å². The third kappa shape index (κ3) is 6.20. The summed E-state index contributed by atoms with van der Waals surface area (Å²) in [4.78, 5) is 24.6. The molecule has 0 aliphatic carbocycles. The molecule has 5 aromatic carbocycles. The van der Waals surface area contributed by atoms with Gasteiger partial charge in [0.2, 0.25) is 0 Å². The maximum absolute atomic E-state index is 12.3. The summed E-state index contributed by atoms with van der Waals surface area (Å²) >= 11 is 0. The molecule has 0 bridgehead atoms. The van der Waals surface area contributed by atoms with E-state index in [2.05, 4.69) is 0 Å². The first kappa shape index (κ1) is 26.0. The fourth-order valence-corrected chi connectivity index (χ4v) is 4.53. The van der Waals surface area contributed by atoms with Gasteiger partial charge in [-0.1, -0.05) is 30.3 Å². The lowest BCUT2D eigenvalue weighted by molar-refractivity contribution is 0.0469. The summed E-state index contributed by atoms with van der Waals surface area (Å²) in [6.07, 6.45) is 0.0660. The molecule has 8 nitrogen and oxygen atoms in total. The van der Waals surface area contributed by atoms with Crippen molar-refractivity contribution >= 4 is 33.5 Å². The Balaban J connectivity index is 1.01. The molecular formula is C34H26O8. The molecule has 2 atom stereocenters. The maximum Gasteiger partial charge on any atom is 0.338 e. The topological polar surface area (TPSA) is 96.1 Å². The second-order valence-electron chi connectivity index (χ2n) is 10.2. The van der Waals surface area contributed by atoms with E-state index in [0.29, 0.717) is 47.3 Å². The molecule has 0 radical (unpaired) electrons. The van der Waals surface area contributed by atoms with Gasteiger partial charge in [-0.05, 0) is 82.2 Å². The van der Waals surface area contributed by atoms with Gasteiger partial charge in [0.15, 0.2) is 0 Å². The molecule has 7 rings (SSSR count). The molecule has 8 heteroatoms. The van der Waals surface area contributed by atoms with E-state index in [1.54, 1.807) is 12.1 Å². The van der Waals surface area contributed by atoms with Gasteiger partial charge >= 0.3 is 11.9 Å². The molecule has 0 aromatic heterocycles. The van der Waals surface area contributed by atoms with Crippen molar-refractivity contribution in [3.8, 4) is 23.0 Å². The van der Waals surface area contributed by atoms with Crippen LogP contribution in [0.5, 0.6) is 23.0 Å². The van der Waals surface area contributed by atoms with Gasteiger partial charge in [0.1, 0.15) is 48.4 Å². The highest BCUT2D eigenvalue weighted by Crippen LogP contribution is 2.32. The standard InChI is InChI=1S/C34H26O8/c35-33(39-19-31-17-37-31)25-6-4-23-14-29(10-8-21(23)12-25)41-27-2-1-3-28(16-27)42-30-11-9-22-13-26(7-5-24(22)15-30)34(36)40-20-32-18-38-32/h1-16,31-32H,17-20H2. The minimum absolute atomic E-state index is 0.0330. The summed E-state index contributed by atoms with van der Waals surface area (Å²) in [6, 6.07) is 29.6. The van der Waals surface area contributed by atoms with Gasteiger partial charge in [0, 0.05) is 6.07 Å². The highest BCUT2D eigenvalue weighted by molar-refractivity contribution is 5.96. The molecule has 2 heterocycles. The predicted molar refractivity (Wildman–Crippen MR) is 155 cm³/mol. The third-order valence-corrected chi connectivity index (χ3v) is 6.98. The molecule has 2 aliphatic heterocycles. The molecule has 2 aliphatic rings. The first-order valence-corrected chi connectivity index (χ1v) is 13.7. The average Bonchev–Trinajstić information content (AvgIpc) is 3.94. The number of rotatable bonds is 10. The van der Waals surface area contributed by atoms with Crippen LogP contribution in [0.2, 0.25) is 0 Å². The highest BCUT2D eigenvalue weighted by Gasteiger charge is 2.25. The van der Waals surface area contributed by atoms with Gasteiger partial charge < -0.3 is 28.4 Å². The lowest BCUT2D eigenvalue weighted by atomic mass is 10.1. The molecule has 2 fully saturated rings. The Morgan fingerprint density at radius 3 is 1.40 bits per heavy atom. The highest BCUT2D eigenvalue weighted by atomic mass is 16.6. The van der Waals surface area contributed by atoms with Crippen LogP contribution in [0.4, 0.5) is 0 Å². The predicted octanol–water partition coefficient (Wildman–Crippen LogP) is 6.69. The van der Waals surface area contributed by atoms with Crippen LogP contribution in [0.15, 0.2) is 97.1 Å². The molecule has 210 valence electrons.